The third-order valence-corrected chi connectivity index (χ3v) is 7.00. The Bertz CT molecular complexity index is 1860. The van der Waals surface area contributed by atoms with Gasteiger partial charge >= 0.3 is 0 Å². The monoisotopic (exact) mass is 515 g/mol. The number of fused-ring (bicyclic) bond motifs is 2. The fraction of sp³-hybridized carbons (Fsp3) is 0.0909. The molecular weight excluding hydrogens is 489 g/mol. The molecule has 192 valence electrons. The molecule has 0 aliphatic rings. The number of carbonyl (C=O) groups is 1. The Hall–Kier alpha value is -4.97. The van der Waals surface area contributed by atoms with Gasteiger partial charge in [-0.15, -0.1) is 0 Å². The predicted octanol–water partition coefficient (Wildman–Crippen LogP) is 7.55. The smallest absolute Gasteiger partial charge is 0.255 e. The molecular formula is C33H26FN3O2. The summed E-state index contributed by atoms with van der Waals surface area (Å²) >= 11 is 0. The zero-order chi connectivity index (χ0) is 27.1. The number of hydrogen-bond donors (Lipinski definition) is 1. The number of nitrogens with one attached hydrogen (secondary N) is 1. The van der Waals surface area contributed by atoms with Crippen LogP contribution >= 0.6 is 0 Å². The van der Waals surface area contributed by atoms with E-state index in [9.17, 15) is 9.18 Å². The molecule has 0 saturated heterocycles. The number of hydrogen-bond acceptors (Lipinski definition) is 4. The average molecular weight is 516 g/mol. The van der Waals surface area contributed by atoms with Crippen molar-refractivity contribution in [2.75, 3.05) is 26.0 Å². The van der Waals surface area contributed by atoms with E-state index in [0.29, 0.717) is 27.9 Å². The van der Waals surface area contributed by atoms with Crippen molar-refractivity contribution >= 4 is 33.3 Å². The Morgan fingerprint density at radius 3 is 2.36 bits per heavy atom. The highest BCUT2D eigenvalue weighted by Gasteiger charge is 2.24. The minimum atomic E-state index is -0.350. The lowest BCUT2D eigenvalue weighted by Gasteiger charge is -2.18. The van der Waals surface area contributed by atoms with Gasteiger partial charge in [-0.1, -0.05) is 30.3 Å². The molecule has 0 atom stereocenters. The van der Waals surface area contributed by atoms with Gasteiger partial charge in [0.25, 0.3) is 5.91 Å². The number of amides is 1. The van der Waals surface area contributed by atoms with Crippen molar-refractivity contribution < 1.29 is 13.6 Å². The van der Waals surface area contributed by atoms with Crippen LogP contribution in [-0.2, 0) is 0 Å². The van der Waals surface area contributed by atoms with E-state index >= 15 is 0 Å². The van der Waals surface area contributed by atoms with Gasteiger partial charge in [-0.05, 0) is 70.6 Å². The number of nitrogens with zero attached hydrogens (tertiary/aromatic N) is 2. The lowest BCUT2D eigenvalue weighted by Crippen LogP contribution is -2.18. The molecule has 1 N–H and O–H groups in total. The molecule has 0 saturated carbocycles. The number of halogens is 1. The lowest BCUT2D eigenvalue weighted by molar-refractivity contribution is 0.0964. The number of carbonyl (C=O) groups excluding carboxylic acids is 1. The molecule has 6 rings (SSSR count). The van der Waals surface area contributed by atoms with Crippen LogP contribution < -0.4 is 10.2 Å². The molecule has 0 unspecified atom stereocenters. The van der Waals surface area contributed by atoms with E-state index in [-0.39, 0.29) is 11.7 Å². The van der Waals surface area contributed by atoms with Crippen molar-refractivity contribution in [1.82, 2.24) is 10.3 Å². The number of pyridine rings is 1. The van der Waals surface area contributed by atoms with Crippen LogP contribution in [0.2, 0.25) is 0 Å². The van der Waals surface area contributed by atoms with Crippen molar-refractivity contribution in [2.45, 2.75) is 0 Å². The Morgan fingerprint density at radius 1 is 0.846 bits per heavy atom. The van der Waals surface area contributed by atoms with Gasteiger partial charge < -0.3 is 14.6 Å². The quantitative estimate of drug-likeness (QED) is 0.258. The first kappa shape index (κ1) is 24.4. The van der Waals surface area contributed by atoms with Gasteiger partial charge in [0.1, 0.15) is 17.2 Å². The third kappa shape index (κ3) is 4.40. The van der Waals surface area contributed by atoms with E-state index in [4.69, 9.17) is 4.42 Å². The highest BCUT2D eigenvalue weighted by molar-refractivity contribution is 6.13. The van der Waals surface area contributed by atoms with Gasteiger partial charge in [0.05, 0.1) is 5.56 Å². The van der Waals surface area contributed by atoms with Gasteiger partial charge in [-0.3, -0.25) is 9.78 Å². The van der Waals surface area contributed by atoms with Crippen LogP contribution in [0.5, 0.6) is 0 Å². The van der Waals surface area contributed by atoms with E-state index < -0.39 is 0 Å². The number of benzene rings is 4. The Labute approximate surface area is 225 Å². The minimum absolute atomic E-state index is 0.268. The van der Waals surface area contributed by atoms with Crippen molar-refractivity contribution in [2.24, 2.45) is 0 Å². The number of aromatic nitrogens is 1. The summed E-state index contributed by atoms with van der Waals surface area (Å²) in [5.41, 5.74) is 6.76. The van der Waals surface area contributed by atoms with Gasteiger partial charge in [-0.25, -0.2) is 4.39 Å². The second kappa shape index (κ2) is 9.72. The first-order valence-corrected chi connectivity index (χ1v) is 12.6. The second-order valence-corrected chi connectivity index (χ2v) is 9.67. The largest absolute Gasteiger partial charge is 0.455 e. The normalized spacial score (nSPS) is 11.2. The van der Waals surface area contributed by atoms with E-state index in [1.807, 2.05) is 49.5 Å². The summed E-state index contributed by atoms with van der Waals surface area (Å²) in [6.07, 6.45) is 3.67. The predicted molar refractivity (Wildman–Crippen MR) is 155 cm³/mol. The van der Waals surface area contributed by atoms with Crippen molar-refractivity contribution in [3.8, 4) is 33.6 Å². The first-order chi connectivity index (χ1) is 18.9. The standard InChI is InChI=1S/C33H26FN3O2/c1-35-33(38)31-28-17-27(29(37(2)3)18-30(28)39-32(31)20-9-11-26(34)12-10-20)24-6-4-5-21(16-24)22-7-8-25-19-36-14-13-23(25)15-22/h4-19H,1-3H3,(H,35,38). The minimum Gasteiger partial charge on any atom is -0.455 e. The molecule has 2 heterocycles. The van der Waals surface area contributed by atoms with E-state index in [0.717, 1.165) is 38.7 Å². The molecule has 0 fully saturated rings. The molecule has 2 aromatic heterocycles. The Balaban J connectivity index is 1.55. The van der Waals surface area contributed by atoms with Crippen molar-refractivity contribution in [3.05, 3.63) is 109 Å². The molecule has 4 aromatic carbocycles. The van der Waals surface area contributed by atoms with Gasteiger partial charge in [0.2, 0.25) is 0 Å². The molecule has 1 amide bonds. The van der Waals surface area contributed by atoms with Gasteiger partial charge in [0.15, 0.2) is 0 Å². The van der Waals surface area contributed by atoms with Crippen LogP contribution in [0.25, 0.3) is 55.3 Å². The number of furan rings is 1. The van der Waals surface area contributed by atoms with Gasteiger partial charge in [0, 0.05) is 67.2 Å². The van der Waals surface area contributed by atoms with Crippen LogP contribution in [0, 0.1) is 5.82 Å². The molecule has 0 aliphatic carbocycles. The van der Waals surface area contributed by atoms with Crippen LogP contribution in [0.1, 0.15) is 10.4 Å². The third-order valence-electron chi connectivity index (χ3n) is 7.00. The highest BCUT2D eigenvalue weighted by atomic mass is 19.1. The van der Waals surface area contributed by atoms with Gasteiger partial charge in [-0.2, -0.15) is 0 Å². The van der Waals surface area contributed by atoms with E-state index in [1.54, 1.807) is 25.4 Å². The first-order valence-electron chi connectivity index (χ1n) is 12.6. The fourth-order valence-electron chi connectivity index (χ4n) is 5.02. The summed E-state index contributed by atoms with van der Waals surface area (Å²) in [6, 6.07) is 26.7. The van der Waals surface area contributed by atoms with Crippen molar-refractivity contribution in [1.29, 1.82) is 0 Å². The number of rotatable bonds is 5. The summed E-state index contributed by atoms with van der Waals surface area (Å²) in [6.45, 7) is 0. The summed E-state index contributed by atoms with van der Waals surface area (Å²) in [5.74, 6) is -0.210. The van der Waals surface area contributed by atoms with Crippen LogP contribution in [0.15, 0.2) is 102 Å². The van der Waals surface area contributed by atoms with Crippen LogP contribution in [-0.4, -0.2) is 32.0 Å². The van der Waals surface area contributed by atoms with Crippen LogP contribution in [0.3, 0.4) is 0 Å². The second-order valence-electron chi connectivity index (χ2n) is 9.67. The summed E-state index contributed by atoms with van der Waals surface area (Å²) < 4.78 is 19.9. The summed E-state index contributed by atoms with van der Waals surface area (Å²) in [4.78, 5) is 19.3. The zero-order valence-electron chi connectivity index (χ0n) is 21.8. The summed E-state index contributed by atoms with van der Waals surface area (Å²) in [5, 5.41) is 5.65. The molecule has 6 heteroatoms. The molecule has 0 bridgehead atoms. The van der Waals surface area contributed by atoms with E-state index in [1.165, 1.54) is 12.1 Å². The van der Waals surface area contributed by atoms with E-state index in [2.05, 4.69) is 46.7 Å². The Kier molecular flexibility index (Phi) is 6.08. The molecule has 0 radical (unpaired) electrons. The zero-order valence-corrected chi connectivity index (χ0v) is 21.8. The molecule has 5 nitrogen and oxygen atoms in total. The topological polar surface area (TPSA) is 58.4 Å². The highest BCUT2D eigenvalue weighted by Crippen LogP contribution is 2.41. The Morgan fingerprint density at radius 2 is 1.59 bits per heavy atom. The fourth-order valence-corrected chi connectivity index (χ4v) is 5.02. The maximum Gasteiger partial charge on any atom is 0.255 e. The van der Waals surface area contributed by atoms with Crippen molar-refractivity contribution in [3.63, 3.8) is 0 Å². The molecule has 39 heavy (non-hydrogen) atoms. The molecule has 0 aliphatic heterocycles. The molecule has 0 spiro atoms. The maximum absolute atomic E-state index is 13.6. The maximum atomic E-state index is 13.6. The molecule has 6 aromatic rings. The number of anilines is 1. The summed E-state index contributed by atoms with van der Waals surface area (Å²) in [7, 11) is 5.55. The van der Waals surface area contributed by atoms with Crippen LogP contribution in [0.4, 0.5) is 10.1 Å². The SMILES string of the molecule is CNC(=O)c1c(-c2ccc(F)cc2)oc2cc(N(C)C)c(-c3cccc(-c4ccc5cnccc5c4)c3)cc12. The lowest BCUT2D eigenvalue weighted by atomic mass is 9.95. The average Bonchev–Trinajstić information content (AvgIpc) is 3.34.